The van der Waals surface area contributed by atoms with Gasteiger partial charge in [0.25, 0.3) is 0 Å². The van der Waals surface area contributed by atoms with Gasteiger partial charge in [-0.25, -0.2) is 0 Å². The van der Waals surface area contributed by atoms with Crippen LogP contribution in [0.1, 0.15) is 127 Å². The standard InChI is InChI=1S/C28H49NOS/c1-5-6-7-8-9-10-11-12-13-14-15-16-17-18-21-29-23-28(3,4)31-27(29)25-20-19-24(2)22-26(25)30/h19-20,22,27,30H,5-18,21,23H2,1-4H3. The molecule has 178 valence electrons. The van der Waals surface area contributed by atoms with Crippen LogP contribution in [0.15, 0.2) is 18.2 Å². The average Bonchev–Trinajstić information content (AvgIpc) is 3.02. The first-order valence-corrected chi connectivity index (χ1v) is 14.0. The normalized spacial score (nSPS) is 18.6. The topological polar surface area (TPSA) is 23.5 Å². The third kappa shape index (κ3) is 10.2. The van der Waals surface area contributed by atoms with E-state index in [1.165, 1.54) is 89.9 Å². The maximum atomic E-state index is 10.5. The van der Waals surface area contributed by atoms with Gasteiger partial charge in [0.1, 0.15) is 5.75 Å². The van der Waals surface area contributed by atoms with Gasteiger partial charge in [-0.2, -0.15) is 0 Å². The van der Waals surface area contributed by atoms with E-state index in [-0.39, 0.29) is 10.1 Å². The number of phenols is 1. The summed E-state index contributed by atoms with van der Waals surface area (Å²) in [6.45, 7) is 11.3. The molecule has 1 atom stereocenters. The lowest BCUT2D eigenvalue weighted by Crippen LogP contribution is -2.29. The number of thioether (sulfide) groups is 1. The maximum absolute atomic E-state index is 10.5. The van der Waals surface area contributed by atoms with Gasteiger partial charge in [0.2, 0.25) is 0 Å². The van der Waals surface area contributed by atoms with Gasteiger partial charge in [0.15, 0.2) is 0 Å². The van der Waals surface area contributed by atoms with Gasteiger partial charge >= 0.3 is 0 Å². The van der Waals surface area contributed by atoms with Gasteiger partial charge in [-0.1, -0.05) is 103 Å². The minimum Gasteiger partial charge on any atom is -0.508 e. The first-order valence-electron chi connectivity index (χ1n) is 13.1. The molecule has 1 fully saturated rings. The highest BCUT2D eigenvalue weighted by Gasteiger charge is 2.39. The zero-order chi connectivity index (χ0) is 22.5. The second-order valence-electron chi connectivity index (χ2n) is 10.4. The van der Waals surface area contributed by atoms with Crippen LogP contribution in [0, 0.1) is 6.92 Å². The Morgan fingerprint density at radius 1 is 0.871 bits per heavy atom. The predicted octanol–water partition coefficient (Wildman–Crippen LogP) is 9.01. The molecule has 2 nitrogen and oxygen atoms in total. The van der Waals surface area contributed by atoms with Crippen molar-refractivity contribution in [1.29, 1.82) is 0 Å². The molecule has 0 amide bonds. The molecule has 3 heteroatoms. The molecule has 1 unspecified atom stereocenters. The van der Waals surface area contributed by atoms with Crippen molar-refractivity contribution < 1.29 is 5.11 Å². The fraction of sp³-hybridized carbons (Fsp3) is 0.786. The molecule has 0 saturated carbocycles. The summed E-state index contributed by atoms with van der Waals surface area (Å²) in [6.07, 6.45) is 19.7. The predicted molar refractivity (Wildman–Crippen MR) is 139 cm³/mol. The molecule has 1 aliphatic rings. The quantitative estimate of drug-likeness (QED) is 0.256. The van der Waals surface area contributed by atoms with Crippen molar-refractivity contribution in [2.45, 2.75) is 128 Å². The molecular weight excluding hydrogens is 398 g/mol. The Morgan fingerprint density at radius 2 is 1.39 bits per heavy atom. The third-order valence-electron chi connectivity index (χ3n) is 6.60. The van der Waals surface area contributed by atoms with Crippen molar-refractivity contribution in [2.24, 2.45) is 0 Å². The Balaban J connectivity index is 1.56. The van der Waals surface area contributed by atoms with Gasteiger partial charge in [0, 0.05) is 16.9 Å². The Hall–Kier alpha value is -0.670. The van der Waals surface area contributed by atoms with Gasteiger partial charge in [-0.3, -0.25) is 4.90 Å². The molecule has 31 heavy (non-hydrogen) atoms. The van der Waals surface area contributed by atoms with Gasteiger partial charge < -0.3 is 5.11 Å². The summed E-state index contributed by atoms with van der Waals surface area (Å²) in [5, 5.41) is 10.8. The lowest BCUT2D eigenvalue weighted by molar-refractivity contribution is 0.255. The van der Waals surface area contributed by atoms with E-state index in [2.05, 4.69) is 37.8 Å². The summed E-state index contributed by atoms with van der Waals surface area (Å²) in [7, 11) is 0. The van der Waals surface area contributed by atoms with Crippen LogP contribution in [0.2, 0.25) is 0 Å². The van der Waals surface area contributed by atoms with Gasteiger partial charge in [-0.15, -0.1) is 11.8 Å². The SMILES string of the molecule is CCCCCCCCCCCCCCCCN1CC(C)(C)SC1c1ccc(C)cc1O. The summed E-state index contributed by atoms with van der Waals surface area (Å²) < 4.78 is 0.248. The zero-order valence-corrected chi connectivity index (χ0v) is 21.7. The Bertz CT molecular complexity index is 615. The van der Waals surface area contributed by atoms with Gasteiger partial charge in [-0.05, 0) is 45.4 Å². The van der Waals surface area contributed by atoms with Crippen molar-refractivity contribution in [3.63, 3.8) is 0 Å². The minimum absolute atomic E-state index is 0.248. The number of benzene rings is 1. The molecule has 1 heterocycles. The Kier molecular flexibility index (Phi) is 12.4. The van der Waals surface area contributed by atoms with Crippen LogP contribution in [0.25, 0.3) is 0 Å². The van der Waals surface area contributed by atoms with Crippen molar-refractivity contribution in [3.05, 3.63) is 29.3 Å². The number of hydrogen-bond acceptors (Lipinski definition) is 3. The van der Waals surface area contributed by atoms with Crippen LogP contribution in [0.3, 0.4) is 0 Å². The van der Waals surface area contributed by atoms with E-state index in [0.29, 0.717) is 5.75 Å². The fourth-order valence-corrected chi connectivity index (χ4v) is 6.31. The second-order valence-corrected chi connectivity index (χ2v) is 12.1. The largest absolute Gasteiger partial charge is 0.508 e. The number of hydrogen-bond donors (Lipinski definition) is 1. The Morgan fingerprint density at radius 3 is 1.90 bits per heavy atom. The number of aromatic hydroxyl groups is 1. The highest BCUT2D eigenvalue weighted by molar-refractivity contribution is 8.01. The van der Waals surface area contributed by atoms with E-state index in [4.69, 9.17) is 0 Å². The van der Waals surface area contributed by atoms with Crippen LogP contribution in [-0.2, 0) is 0 Å². The number of unbranched alkanes of at least 4 members (excludes halogenated alkanes) is 13. The van der Waals surface area contributed by atoms with Gasteiger partial charge in [0.05, 0.1) is 5.37 Å². The first-order chi connectivity index (χ1) is 14.9. The van der Waals surface area contributed by atoms with Crippen molar-refractivity contribution in [3.8, 4) is 5.75 Å². The van der Waals surface area contributed by atoms with E-state index >= 15 is 0 Å². The zero-order valence-electron chi connectivity index (χ0n) is 20.9. The van der Waals surface area contributed by atoms with E-state index in [1.807, 2.05) is 24.8 Å². The fourth-order valence-electron chi connectivity index (χ4n) is 4.81. The van der Waals surface area contributed by atoms with Crippen molar-refractivity contribution in [1.82, 2.24) is 4.90 Å². The number of rotatable bonds is 16. The van der Waals surface area contributed by atoms with E-state index in [9.17, 15) is 5.11 Å². The van der Waals surface area contributed by atoms with Crippen LogP contribution < -0.4 is 0 Å². The summed E-state index contributed by atoms with van der Waals surface area (Å²) in [4.78, 5) is 2.59. The summed E-state index contributed by atoms with van der Waals surface area (Å²) >= 11 is 2.00. The third-order valence-corrected chi connectivity index (χ3v) is 8.14. The molecule has 0 spiro atoms. The molecule has 2 rings (SSSR count). The molecule has 1 saturated heterocycles. The number of nitrogens with zero attached hydrogens (tertiary/aromatic N) is 1. The molecule has 1 aromatic carbocycles. The second kappa shape index (κ2) is 14.5. The number of aryl methyl sites for hydroxylation is 1. The first kappa shape index (κ1) is 26.6. The smallest absolute Gasteiger partial charge is 0.121 e. The molecule has 0 aromatic heterocycles. The monoisotopic (exact) mass is 447 g/mol. The van der Waals surface area contributed by atoms with Crippen LogP contribution in [0.5, 0.6) is 5.75 Å². The van der Waals surface area contributed by atoms with Crippen molar-refractivity contribution >= 4 is 11.8 Å². The molecule has 0 bridgehead atoms. The molecule has 1 aromatic rings. The Labute approximate surface area is 197 Å². The summed E-state index contributed by atoms with van der Waals surface area (Å²) in [6, 6.07) is 6.17. The summed E-state index contributed by atoms with van der Waals surface area (Å²) in [5.74, 6) is 0.459. The molecule has 1 N–H and O–H groups in total. The maximum Gasteiger partial charge on any atom is 0.121 e. The van der Waals surface area contributed by atoms with E-state index < -0.39 is 0 Å². The lowest BCUT2D eigenvalue weighted by atomic mass is 10.0. The van der Waals surface area contributed by atoms with Crippen LogP contribution >= 0.6 is 11.8 Å². The molecular formula is C28H49NOS. The lowest BCUT2D eigenvalue weighted by Gasteiger charge is -2.24. The van der Waals surface area contributed by atoms with Crippen molar-refractivity contribution in [2.75, 3.05) is 13.1 Å². The summed E-state index contributed by atoms with van der Waals surface area (Å²) in [5.41, 5.74) is 2.22. The highest BCUT2D eigenvalue weighted by Crippen LogP contribution is 2.50. The van der Waals surface area contributed by atoms with Crippen LogP contribution in [-0.4, -0.2) is 27.8 Å². The minimum atomic E-state index is 0.248. The van der Waals surface area contributed by atoms with Crippen LogP contribution in [0.4, 0.5) is 0 Å². The van der Waals surface area contributed by atoms with E-state index in [1.54, 1.807) is 0 Å². The molecule has 1 aliphatic heterocycles. The number of phenolic OH excluding ortho intramolecular Hbond substituents is 1. The molecule has 0 radical (unpaired) electrons. The van der Waals surface area contributed by atoms with E-state index in [0.717, 1.165) is 24.2 Å². The molecule has 0 aliphatic carbocycles. The average molecular weight is 448 g/mol. The highest BCUT2D eigenvalue weighted by atomic mass is 32.2.